The molecule has 0 saturated heterocycles. The summed E-state index contributed by atoms with van der Waals surface area (Å²) in [6.07, 6.45) is 1.04. The molecule has 1 amide bonds. The predicted octanol–water partition coefficient (Wildman–Crippen LogP) is 2.67. The summed E-state index contributed by atoms with van der Waals surface area (Å²) in [7, 11) is 3.83. The van der Waals surface area contributed by atoms with Gasteiger partial charge in [0.2, 0.25) is 5.91 Å². The van der Waals surface area contributed by atoms with Crippen LogP contribution in [0.3, 0.4) is 0 Å². The number of benzene rings is 1. The number of nitrogens with one attached hydrogen (secondary N) is 1. The van der Waals surface area contributed by atoms with Crippen molar-refractivity contribution in [3.63, 3.8) is 0 Å². The van der Waals surface area contributed by atoms with E-state index < -0.39 is 0 Å². The number of aryl methyl sites for hydroxylation is 3. The lowest BCUT2D eigenvalue weighted by Crippen LogP contribution is -2.30. The van der Waals surface area contributed by atoms with E-state index in [4.69, 9.17) is 0 Å². The van der Waals surface area contributed by atoms with Crippen LogP contribution in [0.1, 0.15) is 29.4 Å². The summed E-state index contributed by atoms with van der Waals surface area (Å²) < 4.78 is 1.78. The minimum absolute atomic E-state index is 0.0168. The van der Waals surface area contributed by atoms with E-state index in [0.717, 1.165) is 30.0 Å². The molecular formula is C18H26N4O. The van der Waals surface area contributed by atoms with E-state index in [0.29, 0.717) is 6.54 Å². The Kier molecular flexibility index (Phi) is 5.55. The molecule has 0 radical (unpaired) electrons. The van der Waals surface area contributed by atoms with Crippen molar-refractivity contribution in [1.29, 1.82) is 0 Å². The van der Waals surface area contributed by atoms with Gasteiger partial charge >= 0.3 is 0 Å². The summed E-state index contributed by atoms with van der Waals surface area (Å²) in [6, 6.07) is 8.54. The number of hydrogen-bond donors (Lipinski definition) is 1. The Morgan fingerprint density at radius 2 is 1.83 bits per heavy atom. The fourth-order valence-electron chi connectivity index (χ4n) is 2.63. The number of nitrogens with zero attached hydrogens (tertiary/aromatic N) is 3. The SMILES string of the molecule is CCc1ccc(CN(C)CC(=O)Nc2c(C)nn(C)c2C)cc1. The zero-order chi connectivity index (χ0) is 17.0. The average Bonchev–Trinajstić information content (AvgIpc) is 2.74. The normalized spacial score (nSPS) is 11.0. The van der Waals surface area contributed by atoms with Crippen molar-refractivity contribution < 1.29 is 4.79 Å². The third-order valence-corrected chi connectivity index (χ3v) is 4.07. The summed E-state index contributed by atoms with van der Waals surface area (Å²) >= 11 is 0. The fourth-order valence-corrected chi connectivity index (χ4v) is 2.63. The molecule has 124 valence electrons. The van der Waals surface area contributed by atoms with Gasteiger partial charge in [-0.2, -0.15) is 5.10 Å². The number of aromatic nitrogens is 2. The maximum Gasteiger partial charge on any atom is 0.238 e. The highest BCUT2D eigenvalue weighted by Gasteiger charge is 2.14. The van der Waals surface area contributed by atoms with Gasteiger partial charge in [0.25, 0.3) is 0 Å². The summed E-state index contributed by atoms with van der Waals surface area (Å²) in [5.74, 6) is -0.0168. The summed E-state index contributed by atoms with van der Waals surface area (Å²) in [4.78, 5) is 14.2. The lowest BCUT2D eigenvalue weighted by atomic mass is 10.1. The molecule has 0 saturated carbocycles. The Balaban J connectivity index is 1.91. The smallest absolute Gasteiger partial charge is 0.238 e. The first-order valence-corrected chi connectivity index (χ1v) is 7.97. The highest BCUT2D eigenvalue weighted by molar-refractivity contribution is 5.93. The van der Waals surface area contributed by atoms with E-state index in [1.807, 2.05) is 32.8 Å². The molecule has 1 aromatic carbocycles. The number of carbonyl (C=O) groups excluding carboxylic acids is 1. The Morgan fingerprint density at radius 1 is 1.22 bits per heavy atom. The van der Waals surface area contributed by atoms with Crippen LogP contribution in [0, 0.1) is 13.8 Å². The van der Waals surface area contributed by atoms with Gasteiger partial charge in [0, 0.05) is 13.6 Å². The molecule has 1 N–H and O–H groups in total. The summed E-state index contributed by atoms with van der Waals surface area (Å²) in [5, 5.41) is 7.29. The van der Waals surface area contributed by atoms with Crippen molar-refractivity contribution in [2.24, 2.45) is 7.05 Å². The third kappa shape index (κ3) is 4.42. The standard InChI is InChI=1S/C18H26N4O/c1-6-15-7-9-16(10-8-15)11-21(4)12-17(23)19-18-13(2)20-22(5)14(18)3/h7-10H,6,11-12H2,1-5H3,(H,19,23). The Bertz CT molecular complexity index is 673. The van der Waals surface area contributed by atoms with Crippen LogP contribution in [0.25, 0.3) is 0 Å². The van der Waals surface area contributed by atoms with E-state index >= 15 is 0 Å². The van der Waals surface area contributed by atoms with Gasteiger partial charge < -0.3 is 5.32 Å². The number of likely N-dealkylation sites (N-methyl/N-ethyl adjacent to an activating group) is 1. The van der Waals surface area contributed by atoms with E-state index in [2.05, 4.69) is 41.6 Å². The van der Waals surface area contributed by atoms with Gasteiger partial charge in [-0.1, -0.05) is 31.2 Å². The topological polar surface area (TPSA) is 50.2 Å². The van der Waals surface area contributed by atoms with E-state index in [-0.39, 0.29) is 5.91 Å². The van der Waals surface area contributed by atoms with Crippen LogP contribution < -0.4 is 5.32 Å². The monoisotopic (exact) mass is 314 g/mol. The zero-order valence-electron chi connectivity index (χ0n) is 14.7. The van der Waals surface area contributed by atoms with Crippen molar-refractivity contribution in [1.82, 2.24) is 14.7 Å². The molecule has 23 heavy (non-hydrogen) atoms. The van der Waals surface area contributed by atoms with Crippen LogP contribution in [0.15, 0.2) is 24.3 Å². The maximum atomic E-state index is 12.2. The molecular weight excluding hydrogens is 288 g/mol. The van der Waals surface area contributed by atoms with Crippen LogP contribution >= 0.6 is 0 Å². The minimum Gasteiger partial charge on any atom is -0.322 e. The molecule has 0 aliphatic heterocycles. The van der Waals surface area contributed by atoms with Gasteiger partial charge in [0.05, 0.1) is 23.6 Å². The second-order valence-corrected chi connectivity index (χ2v) is 6.06. The van der Waals surface area contributed by atoms with Crippen LogP contribution in [0.5, 0.6) is 0 Å². The van der Waals surface area contributed by atoms with E-state index in [9.17, 15) is 4.79 Å². The molecule has 0 bridgehead atoms. The van der Waals surface area contributed by atoms with Gasteiger partial charge in [0.1, 0.15) is 0 Å². The van der Waals surface area contributed by atoms with Gasteiger partial charge in [-0.15, -0.1) is 0 Å². The lowest BCUT2D eigenvalue weighted by Gasteiger charge is -2.16. The van der Waals surface area contributed by atoms with Gasteiger partial charge in [0.15, 0.2) is 0 Å². The molecule has 5 heteroatoms. The van der Waals surface area contributed by atoms with Gasteiger partial charge in [-0.25, -0.2) is 0 Å². The number of anilines is 1. The highest BCUT2D eigenvalue weighted by atomic mass is 16.2. The first kappa shape index (κ1) is 17.2. The van der Waals surface area contributed by atoms with E-state index in [1.54, 1.807) is 4.68 Å². The number of amides is 1. The van der Waals surface area contributed by atoms with Crippen LogP contribution in [-0.4, -0.2) is 34.2 Å². The largest absolute Gasteiger partial charge is 0.322 e. The summed E-state index contributed by atoms with van der Waals surface area (Å²) in [5.41, 5.74) is 5.17. The van der Waals surface area contributed by atoms with Crippen molar-refractivity contribution >= 4 is 11.6 Å². The number of rotatable bonds is 6. The molecule has 2 rings (SSSR count). The van der Waals surface area contributed by atoms with Crippen molar-refractivity contribution in [3.8, 4) is 0 Å². The molecule has 0 aliphatic rings. The molecule has 0 atom stereocenters. The zero-order valence-corrected chi connectivity index (χ0v) is 14.7. The molecule has 0 spiro atoms. The summed E-state index contributed by atoms with van der Waals surface area (Å²) in [6.45, 7) is 7.11. The first-order chi connectivity index (χ1) is 10.9. The second-order valence-electron chi connectivity index (χ2n) is 6.06. The lowest BCUT2D eigenvalue weighted by molar-refractivity contribution is -0.117. The predicted molar refractivity (Wildman–Crippen MR) is 93.5 cm³/mol. The molecule has 1 heterocycles. The first-order valence-electron chi connectivity index (χ1n) is 7.97. The molecule has 0 fully saturated rings. The average molecular weight is 314 g/mol. The van der Waals surface area contributed by atoms with Gasteiger partial charge in [-0.05, 0) is 38.4 Å². The van der Waals surface area contributed by atoms with Crippen LogP contribution in [0.2, 0.25) is 0 Å². The Hall–Kier alpha value is -2.14. The quantitative estimate of drug-likeness (QED) is 0.892. The maximum absolute atomic E-state index is 12.2. The van der Waals surface area contributed by atoms with Crippen molar-refractivity contribution in [2.45, 2.75) is 33.7 Å². The molecule has 5 nitrogen and oxygen atoms in total. The van der Waals surface area contributed by atoms with E-state index in [1.165, 1.54) is 11.1 Å². The minimum atomic E-state index is -0.0168. The third-order valence-electron chi connectivity index (χ3n) is 4.07. The van der Waals surface area contributed by atoms with Crippen molar-refractivity contribution in [2.75, 3.05) is 18.9 Å². The number of carbonyl (C=O) groups is 1. The van der Waals surface area contributed by atoms with Crippen LogP contribution in [0.4, 0.5) is 5.69 Å². The molecule has 1 aromatic heterocycles. The Morgan fingerprint density at radius 3 is 2.35 bits per heavy atom. The second kappa shape index (κ2) is 7.42. The fraction of sp³-hybridized carbons (Fsp3) is 0.444. The molecule has 0 aliphatic carbocycles. The molecule has 0 unspecified atom stereocenters. The van der Waals surface area contributed by atoms with Crippen LogP contribution in [-0.2, 0) is 24.8 Å². The highest BCUT2D eigenvalue weighted by Crippen LogP contribution is 2.18. The Labute approximate surface area is 138 Å². The molecule has 2 aromatic rings. The number of hydrogen-bond acceptors (Lipinski definition) is 3. The van der Waals surface area contributed by atoms with Gasteiger partial charge in [-0.3, -0.25) is 14.4 Å². The van der Waals surface area contributed by atoms with Crippen molar-refractivity contribution in [3.05, 3.63) is 46.8 Å².